The first-order valence-corrected chi connectivity index (χ1v) is 7.08. The Morgan fingerprint density at radius 2 is 1.72 bits per heavy atom. The zero-order chi connectivity index (χ0) is 13.3. The van der Waals surface area contributed by atoms with Crippen LogP contribution in [0.25, 0.3) is 0 Å². The van der Waals surface area contributed by atoms with E-state index < -0.39 is 5.82 Å². The van der Waals surface area contributed by atoms with Gasteiger partial charge in [-0.2, -0.15) is 0 Å². The SMILES string of the molecule is Fc1cccc(C(Br)c2ccc(Cl)cc2Cl)c1Cl. The Labute approximate surface area is 128 Å². The summed E-state index contributed by atoms with van der Waals surface area (Å²) in [6.45, 7) is 0. The molecule has 0 aliphatic rings. The van der Waals surface area contributed by atoms with Crippen LogP contribution in [0.2, 0.25) is 15.1 Å². The zero-order valence-corrected chi connectivity index (χ0v) is 12.8. The number of halogens is 5. The minimum absolute atomic E-state index is 0.0883. The van der Waals surface area contributed by atoms with Crippen molar-refractivity contribution in [3.63, 3.8) is 0 Å². The van der Waals surface area contributed by atoms with Crippen molar-refractivity contribution in [2.24, 2.45) is 0 Å². The lowest BCUT2D eigenvalue weighted by molar-refractivity contribution is 0.626. The molecule has 0 fully saturated rings. The van der Waals surface area contributed by atoms with Crippen LogP contribution in [-0.2, 0) is 0 Å². The van der Waals surface area contributed by atoms with Gasteiger partial charge in [0, 0.05) is 10.0 Å². The highest BCUT2D eigenvalue weighted by Crippen LogP contribution is 2.39. The number of hydrogen-bond donors (Lipinski definition) is 0. The standard InChI is InChI=1S/C13H7BrCl3F/c14-12(8-5-4-7(15)6-10(8)16)9-2-1-3-11(18)13(9)17/h1-6,12H. The predicted molar refractivity (Wildman–Crippen MR) is 78.6 cm³/mol. The minimum Gasteiger partial charge on any atom is -0.205 e. The van der Waals surface area contributed by atoms with Crippen molar-refractivity contribution in [1.29, 1.82) is 0 Å². The summed E-state index contributed by atoms with van der Waals surface area (Å²) in [6.07, 6.45) is 0. The summed E-state index contributed by atoms with van der Waals surface area (Å²) in [5.41, 5.74) is 1.41. The van der Waals surface area contributed by atoms with Crippen LogP contribution in [0.4, 0.5) is 4.39 Å². The predicted octanol–water partition coefficient (Wildman–Crippen LogP) is 6.27. The first kappa shape index (κ1) is 14.1. The molecule has 1 unspecified atom stereocenters. The number of alkyl halides is 1. The van der Waals surface area contributed by atoms with Crippen LogP contribution in [-0.4, -0.2) is 0 Å². The van der Waals surface area contributed by atoms with Crippen LogP contribution in [0.3, 0.4) is 0 Å². The van der Waals surface area contributed by atoms with Gasteiger partial charge in [0.2, 0.25) is 0 Å². The quantitative estimate of drug-likeness (QED) is 0.548. The van der Waals surface area contributed by atoms with E-state index in [1.165, 1.54) is 6.07 Å². The molecule has 0 N–H and O–H groups in total. The summed E-state index contributed by atoms with van der Waals surface area (Å²) >= 11 is 21.4. The molecule has 0 amide bonds. The summed E-state index contributed by atoms with van der Waals surface area (Å²) < 4.78 is 13.4. The lowest BCUT2D eigenvalue weighted by Crippen LogP contribution is -1.96. The number of rotatable bonds is 2. The monoisotopic (exact) mass is 366 g/mol. The summed E-state index contributed by atoms with van der Waals surface area (Å²) in [4.78, 5) is -0.287. The van der Waals surface area contributed by atoms with Gasteiger partial charge in [-0.3, -0.25) is 0 Å². The van der Waals surface area contributed by atoms with Crippen molar-refractivity contribution in [2.45, 2.75) is 4.83 Å². The second kappa shape index (κ2) is 5.79. The van der Waals surface area contributed by atoms with E-state index in [0.29, 0.717) is 15.6 Å². The summed E-state index contributed by atoms with van der Waals surface area (Å²) in [6, 6.07) is 9.81. The number of hydrogen-bond acceptors (Lipinski definition) is 0. The molecule has 0 bridgehead atoms. The topological polar surface area (TPSA) is 0 Å². The van der Waals surface area contributed by atoms with Crippen molar-refractivity contribution in [3.8, 4) is 0 Å². The second-order valence-corrected chi connectivity index (χ2v) is 5.81. The molecule has 0 aliphatic heterocycles. The van der Waals surface area contributed by atoms with Gasteiger partial charge in [-0.05, 0) is 29.3 Å². The molecule has 94 valence electrons. The van der Waals surface area contributed by atoms with E-state index in [1.807, 2.05) is 0 Å². The average molecular weight is 368 g/mol. The number of benzene rings is 2. The van der Waals surface area contributed by atoms with Gasteiger partial charge >= 0.3 is 0 Å². The van der Waals surface area contributed by atoms with Crippen LogP contribution in [0.1, 0.15) is 16.0 Å². The molecule has 2 aromatic rings. The van der Waals surface area contributed by atoms with Crippen molar-refractivity contribution in [2.75, 3.05) is 0 Å². The normalized spacial score (nSPS) is 12.5. The summed E-state index contributed by atoms with van der Waals surface area (Å²) in [5, 5.41) is 1.14. The van der Waals surface area contributed by atoms with Crippen molar-refractivity contribution < 1.29 is 4.39 Å². The van der Waals surface area contributed by atoms with E-state index in [2.05, 4.69) is 15.9 Å². The highest BCUT2D eigenvalue weighted by molar-refractivity contribution is 9.09. The fourth-order valence-electron chi connectivity index (χ4n) is 1.59. The van der Waals surface area contributed by atoms with E-state index in [1.54, 1.807) is 30.3 Å². The second-order valence-electron chi connectivity index (χ2n) is 3.67. The summed E-state index contributed by atoms with van der Waals surface area (Å²) in [7, 11) is 0. The maximum atomic E-state index is 13.4. The van der Waals surface area contributed by atoms with Crippen LogP contribution >= 0.6 is 50.7 Å². The Balaban J connectivity index is 2.48. The maximum absolute atomic E-state index is 13.4. The molecule has 0 aromatic heterocycles. The minimum atomic E-state index is -0.455. The van der Waals surface area contributed by atoms with Gasteiger partial charge < -0.3 is 0 Å². The largest absolute Gasteiger partial charge is 0.205 e. The fraction of sp³-hybridized carbons (Fsp3) is 0.0769. The van der Waals surface area contributed by atoms with Crippen molar-refractivity contribution in [3.05, 3.63) is 68.4 Å². The van der Waals surface area contributed by atoms with E-state index in [4.69, 9.17) is 34.8 Å². The zero-order valence-electron chi connectivity index (χ0n) is 8.93. The molecular formula is C13H7BrCl3F. The molecule has 1 atom stereocenters. The van der Waals surface area contributed by atoms with Gasteiger partial charge in [-0.15, -0.1) is 0 Å². The van der Waals surface area contributed by atoms with Crippen molar-refractivity contribution >= 4 is 50.7 Å². The Morgan fingerprint density at radius 1 is 1.00 bits per heavy atom. The lowest BCUT2D eigenvalue weighted by atomic mass is 10.0. The van der Waals surface area contributed by atoms with E-state index >= 15 is 0 Å². The van der Waals surface area contributed by atoms with Gasteiger partial charge in [0.25, 0.3) is 0 Å². The highest BCUT2D eigenvalue weighted by Gasteiger charge is 2.18. The van der Waals surface area contributed by atoms with Crippen LogP contribution in [0.5, 0.6) is 0 Å². The first-order chi connectivity index (χ1) is 8.50. The molecule has 0 spiro atoms. The van der Waals surface area contributed by atoms with Crippen LogP contribution in [0, 0.1) is 5.82 Å². The van der Waals surface area contributed by atoms with Gasteiger partial charge in [0.1, 0.15) is 5.82 Å². The Morgan fingerprint density at radius 3 is 2.39 bits per heavy atom. The Kier molecular flexibility index (Phi) is 4.54. The Hall–Kier alpha value is -0.280. The third kappa shape index (κ3) is 2.83. The molecule has 18 heavy (non-hydrogen) atoms. The van der Waals surface area contributed by atoms with E-state index in [-0.39, 0.29) is 9.85 Å². The molecule has 0 aliphatic carbocycles. The van der Waals surface area contributed by atoms with Crippen molar-refractivity contribution in [1.82, 2.24) is 0 Å². The fourth-order valence-corrected chi connectivity index (χ4v) is 3.39. The highest BCUT2D eigenvalue weighted by atomic mass is 79.9. The molecule has 0 saturated carbocycles. The molecule has 0 heterocycles. The Bertz CT molecular complexity index is 586. The molecule has 0 saturated heterocycles. The van der Waals surface area contributed by atoms with E-state index in [9.17, 15) is 4.39 Å². The third-order valence-corrected chi connectivity index (χ3v) is 4.44. The molecule has 2 rings (SSSR count). The lowest BCUT2D eigenvalue weighted by Gasteiger charge is -2.14. The third-order valence-electron chi connectivity index (χ3n) is 2.49. The van der Waals surface area contributed by atoms with Gasteiger partial charge in [0.15, 0.2) is 0 Å². The van der Waals surface area contributed by atoms with Crippen LogP contribution < -0.4 is 0 Å². The summed E-state index contributed by atoms with van der Waals surface area (Å²) in [5.74, 6) is -0.455. The van der Waals surface area contributed by atoms with Gasteiger partial charge in [-0.1, -0.05) is 68.9 Å². The molecule has 2 aromatic carbocycles. The maximum Gasteiger partial charge on any atom is 0.142 e. The molecule has 5 heteroatoms. The van der Waals surface area contributed by atoms with Gasteiger partial charge in [0.05, 0.1) is 9.85 Å². The average Bonchev–Trinajstić information content (AvgIpc) is 2.32. The van der Waals surface area contributed by atoms with E-state index in [0.717, 1.165) is 5.56 Å². The molecular weight excluding hydrogens is 361 g/mol. The molecule has 0 radical (unpaired) electrons. The molecule has 0 nitrogen and oxygen atoms in total. The van der Waals surface area contributed by atoms with Gasteiger partial charge in [-0.25, -0.2) is 4.39 Å². The smallest absolute Gasteiger partial charge is 0.142 e. The first-order valence-electron chi connectivity index (χ1n) is 5.03. The van der Waals surface area contributed by atoms with Crippen LogP contribution in [0.15, 0.2) is 36.4 Å².